The molecule has 0 aliphatic carbocycles. The number of β-amino-alcohol motifs (C(OH)–C–C–N with tert-alkyl or cyclic N) is 1. The lowest BCUT2D eigenvalue weighted by Gasteiger charge is -2.45. The smallest absolute Gasteiger partial charge is 0.123 e. The molecule has 6 heteroatoms. The summed E-state index contributed by atoms with van der Waals surface area (Å²) < 4.78 is 17.0. The monoisotopic (exact) mass is 412 g/mol. The first-order chi connectivity index (χ1) is 14.7. The lowest BCUT2D eigenvalue weighted by Crippen LogP contribution is -2.48. The number of methoxy groups -OCH3 is 1. The van der Waals surface area contributed by atoms with Gasteiger partial charge in [-0.1, -0.05) is 0 Å². The highest BCUT2D eigenvalue weighted by atomic mass is 16.5. The van der Waals surface area contributed by atoms with Crippen molar-refractivity contribution in [3.63, 3.8) is 0 Å². The van der Waals surface area contributed by atoms with E-state index in [1.807, 2.05) is 30.3 Å². The Morgan fingerprint density at radius 3 is 2.63 bits per heavy atom. The lowest BCUT2D eigenvalue weighted by molar-refractivity contribution is -0.0385. The van der Waals surface area contributed by atoms with Gasteiger partial charge in [-0.3, -0.25) is 4.98 Å². The normalized spacial score (nSPS) is 20.1. The molecule has 1 atom stereocenters. The Balaban J connectivity index is 1.35. The minimum atomic E-state index is -0.532. The summed E-state index contributed by atoms with van der Waals surface area (Å²) in [4.78, 5) is 6.47. The van der Waals surface area contributed by atoms with Crippen molar-refractivity contribution in [3.8, 4) is 22.6 Å². The second-order valence-corrected chi connectivity index (χ2v) is 8.55. The number of aliphatic hydroxyl groups excluding tert-OH is 1. The molecule has 3 heterocycles. The Morgan fingerprint density at radius 1 is 1.10 bits per heavy atom. The van der Waals surface area contributed by atoms with Gasteiger partial charge in [0.15, 0.2) is 0 Å². The number of likely N-dealkylation sites (tertiary alicyclic amines) is 1. The summed E-state index contributed by atoms with van der Waals surface area (Å²) in [6.45, 7) is 4.74. The second-order valence-electron chi connectivity index (χ2n) is 8.55. The first-order valence-corrected chi connectivity index (χ1v) is 10.9. The van der Waals surface area contributed by atoms with Crippen LogP contribution in [0.1, 0.15) is 25.7 Å². The zero-order chi connectivity index (χ0) is 20.8. The number of rotatable bonds is 7. The average molecular weight is 413 g/mol. The van der Waals surface area contributed by atoms with Gasteiger partial charge in [-0.15, -0.1) is 0 Å². The lowest BCUT2D eigenvalue weighted by atomic mass is 9.74. The van der Waals surface area contributed by atoms with Gasteiger partial charge < -0.3 is 24.2 Å². The maximum absolute atomic E-state index is 10.6. The van der Waals surface area contributed by atoms with Crippen molar-refractivity contribution in [2.75, 3.05) is 46.6 Å². The van der Waals surface area contributed by atoms with Crippen LogP contribution < -0.4 is 9.47 Å². The van der Waals surface area contributed by atoms with Gasteiger partial charge in [0.2, 0.25) is 0 Å². The van der Waals surface area contributed by atoms with Gasteiger partial charge in [0.25, 0.3) is 0 Å². The largest absolute Gasteiger partial charge is 0.497 e. The number of benzene rings is 1. The predicted molar refractivity (Wildman–Crippen MR) is 116 cm³/mol. The summed E-state index contributed by atoms with van der Waals surface area (Å²) in [6.07, 6.45) is 7.75. The molecule has 1 N–H and O–H groups in total. The van der Waals surface area contributed by atoms with Crippen molar-refractivity contribution in [2.45, 2.75) is 31.8 Å². The third kappa shape index (κ3) is 5.31. The van der Waals surface area contributed by atoms with Crippen LogP contribution >= 0.6 is 0 Å². The molecule has 2 aromatic rings. The molecule has 1 aromatic carbocycles. The summed E-state index contributed by atoms with van der Waals surface area (Å²) in [5.41, 5.74) is 2.42. The summed E-state index contributed by atoms with van der Waals surface area (Å²) in [7, 11) is 1.65. The molecule has 30 heavy (non-hydrogen) atoms. The van der Waals surface area contributed by atoms with Crippen molar-refractivity contribution in [1.82, 2.24) is 9.88 Å². The van der Waals surface area contributed by atoms with E-state index in [1.54, 1.807) is 19.5 Å². The number of hydrogen-bond donors (Lipinski definition) is 1. The average Bonchev–Trinajstić information content (AvgIpc) is 2.78. The van der Waals surface area contributed by atoms with Gasteiger partial charge in [0.05, 0.1) is 7.11 Å². The van der Waals surface area contributed by atoms with Gasteiger partial charge in [0.1, 0.15) is 24.2 Å². The molecule has 0 radical (unpaired) electrons. The summed E-state index contributed by atoms with van der Waals surface area (Å²) in [5.74, 6) is 1.42. The van der Waals surface area contributed by atoms with Crippen LogP contribution in [0.2, 0.25) is 0 Å². The van der Waals surface area contributed by atoms with Gasteiger partial charge >= 0.3 is 0 Å². The van der Waals surface area contributed by atoms with E-state index in [2.05, 4.69) is 9.88 Å². The van der Waals surface area contributed by atoms with Crippen LogP contribution in [0.5, 0.6) is 11.5 Å². The van der Waals surface area contributed by atoms with Crippen molar-refractivity contribution >= 4 is 0 Å². The molecule has 1 unspecified atom stereocenters. The van der Waals surface area contributed by atoms with Crippen LogP contribution in [0.15, 0.2) is 42.7 Å². The van der Waals surface area contributed by atoms with Crippen molar-refractivity contribution in [1.29, 1.82) is 0 Å². The van der Waals surface area contributed by atoms with E-state index >= 15 is 0 Å². The number of nitrogens with zero attached hydrogens (tertiary/aromatic N) is 2. The minimum Gasteiger partial charge on any atom is -0.497 e. The molecule has 2 aliphatic heterocycles. The maximum Gasteiger partial charge on any atom is 0.123 e. The minimum absolute atomic E-state index is 0.259. The summed E-state index contributed by atoms with van der Waals surface area (Å²) in [5, 5.41) is 10.6. The first kappa shape index (κ1) is 21.1. The molecule has 2 aliphatic rings. The highest BCUT2D eigenvalue weighted by Gasteiger charge is 2.37. The molecule has 0 saturated carbocycles. The maximum atomic E-state index is 10.6. The van der Waals surface area contributed by atoms with Crippen LogP contribution in [-0.2, 0) is 4.74 Å². The number of hydrogen-bond acceptors (Lipinski definition) is 6. The zero-order valence-electron chi connectivity index (χ0n) is 17.8. The van der Waals surface area contributed by atoms with E-state index in [9.17, 15) is 5.11 Å². The number of pyridine rings is 1. The van der Waals surface area contributed by atoms with E-state index in [0.29, 0.717) is 17.7 Å². The molecule has 1 aromatic heterocycles. The quantitative estimate of drug-likeness (QED) is 0.752. The molecular weight excluding hydrogens is 380 g/mol. The molecular formula is C24H32N2O4. The molecule has 1 spiro atoms. The van der Waals surface area contributed by atoms with Crippen molar-refractivity contribution < 1.29 is 19.3 Å². The third-order valence-electron chi connectivity index (χ3n) is 6.33. The Kier molecular flexibility index (Phi) is 6.87. The van der Waals surface area contributed by atoms with E-state index < -0.39 is 6.10 Å². The van der Waals surface area contributed by atoms with E-state index in [1.165, 1.54) is 12.8 Å². The number of ether oxygens (including phenoxy) is 3. The van der Waals surface area contributed by atoms with Crippen LogP contribution in [-0.4, -0.2) is 67.7 Å². The Labute approximate surface area is 178 Å². The fourth-order valence-electron chi connectivity index (χ4n) is 4.71. The van der Waals surface area contributed by atoms with Crippen molar-refractivity contribution in [3.05, 3.63) is 42.7 Å². The number of piperidine rings is 1. The van der Waals surface area contributed by atoms with Gasteiger partial charge in [-0.2, -0.15) is 0 Å². The molecule has 0 bridgehead atoms. The van der Waals surface area contributed by atoms with E-state index in [4.69, 9.17) is 14.2 Å². The summed E-state index contributed by atoms with van der Waals surface area (Å²) in [6, 6.07) is 9.71. The van der Waals surface area contributed by atoms with E-state index in [-0.39, 0.29) is 6.61 Å². The van der Waals surface area contributed by atoms with Gasteiger partial charge in [-0.25, -0.2) is 0 Å². The molecule has 2 fully saturated rings. The standard InChI is InChI=1S/C24H32N2O4/c1-28-22-13-20(19-3-8-25-9-4-19)14-23(15-22)30-17-21(27)16-26-10-2-5-24(18-26)6-11-29-12-7-24/h3-4,8-9,13-15,21,27H,2,5-7,10-12,16-18H2,1H3. The van der Waals surface area contributed by atoms with Gasteiger partial charge in [0, 0.05) is 44.8 Å². The molecule has 0 amide bonds. The fourth-order valence-corrected chi connectivity index (χ4v) is 4.71. The van der Waals surface area contributed by atoms with Crippen LogP contribution in [0.25, 0.3) is 11.1 Å². The van der Waals surface area contributed by atoms with Crippen molar-refractivity contribution in [2.24, 2.45) is 5.41 Å². The zero-order valence-corrected chi connectivity index (χ0v) is 17.8. The Bertz CT molecular complexity index is 803. The van der Waals surface area contributed by atoms with Gasteiger partial charge in [-0.05, 0) is 73.0 Å². The van der Waals surface area contributed by atoms with E-state index in [0.717, 1.165) is 56.0 Å². The number of aromatic nitrogens is 1. The third-order valence-corrected chi connectivity index (χ3v) is 6.33. The van der Waals surface area contributed by atoms with Crippen LogP contribution in [0.3, 0.4) is 0 Å². The highest BCUT2D eigenvalue weighted by molar-refractivity contribution is 5.66. The van der Waals surface area contributed by atoms with Crippen LogP contribution in [0.4, 0.5) is 0 Å². The Morgan fingerprint density at radius 2 is 1.87 bits per heavy atom. The second kappa shape index (κ2) is 9.77. The van der Waals surface area contributed by atoms with Crippen LogP contribution in [0, 0.1) is 5.41 Å². The SMILES string of the molecule is COc1cc(OCC(O)CN2CCCC3(CCOCC3)C2)cc(-c2ccncc2)c1. The molecule has 162 valence electrons. The fraction of sp³-hybridized carbons (Fsp3) is 0.542. The molecule has 4 rings (SSSR count). The number of aliphatic hydroxyl groups is 1. The Hall–Kier alpha value is -2.15. The highest BCUT2D eigenvalue weighted by Crippen LogP contribution is 2.39. The topological polar surface area (TPSA) is 64.0 Å². The summed E-state index contributed by atoms with van der Waals surface area (Å²) >= 11 is 0. The molecule has 2 saturated heterocycles. The predicted octanol–water partition coefficient (Wildman–Crippen LogP) is 3.39. The molecule has 6 nitrogen and oxygen atoms in total. The first-order valence-electron chi connectivity index (χ1n) is 10.9.